The molecule has 0 amide bonds. The molecule has 1 atom stereocenters. The van der Waals surface area contributed by atoms with Crippen molar-refractivity contribution in [3.63, 3.8) is 0 Å². The Bertz CT molecular complexity index is 1120. The van der Waals surface area contributed by atoms with Gasteiger partial charge >= 0.3 is 0 Å². The molecular weight excluding hydrogens is 415 g/mol. The molecule has 0 N–H and O–H groups in total. The number of hydrogen-bond acceptors (Lipinski definition) is 7. The van der Waals surface area contributed by atoms with Crippen LogP contribution in [0.5, 0.6) is 0 Å². The molecule has 7 nitrogen and oxygen atoms in total. The maximum Gasteiger partial charge on any atom is 0.226 e. The summed E-state index contributed by atoms with van der Waals surface area (Å²) in [7, 11) is -3.01. The van der Waals surface area contributed by atoms with E-state index in [9.17, 15) is 12.8 Å². The number of rotatable bonds is 7. The zero-order chi connectivity index (χ0) is 20.4. The lowest BCUT2D eigenvalue weighted by molar-refractivity contribution is 0.572. The molecule has 0 bridgehead atoms. The van der Waals surface area contributed by atoms with Gasteiger partial charge in [0.15, 0.2) is 15.0 Å². The minimum absolute atomic E-state index is 0.108. The topological polar surface area (TPSA) is 90.9 Å². The highest BCUT2D eigenvalue weighted by Gasteiger charge is 2.33. The van der Waals surface area contributed by atoms with Crippen LogP contribution >= 0.6 is 11.8 Å². The van der Waals surface area contributed by atoms with Crippen LogP contribution in [0.4, 0.5) is 4.39 Å². The van der Waals surface area contributed by atoms with Gasteiger partial charge in [-0.3, -0.25) is 0 Å². The van der Waals surface area contributed by atoms with Crippen LogP contribution in [0.3, 0.4) is 0 Å². The van der Waals surface area contributed by atoms with E-state index >= 15 is 0 Å². The fourth-order valence-electron chi connectivity index (χ4n) is 3.24. The summed E-state index contributed by atoms with van der Waals surface area (Å²) in [5.41, 5.74) is 1.41. The molecule has 3 aromatic rings. The lowest BCUT2D eigenvalue weighted by Crippen LogP contribution is -2.11. The number of thioether (sulfide) groups is 1. The number of benzene rings is 1. The first-order valence-electron chi connectivity index (χ1n) is 9.03. The Kier molecular flexibility index (Phi) is 5.55. The van der Waals surface area contributed by atoms with Crippen molar-refractivity contribution >= 4 is 21.6 Å². The van der Waals surface area contributed by atoms with Crippen LogP contribution in [-0.2, 0) is 22.1 Å². The van der Waals surface area contributed by atoms with Crippen LogP contribution in [0.2, 0.25) is 0 Å². The van der Waals surface area contributed by atoms with Gasteiger partial charge in [-0.25, -0.2) is 17.8 Å². The Morgan fingerprint density at radius 2 is 2.10 bits per heavy atom. The lowest BCUT2D eigenvalue weighted by Gasteiger charge is -2.10. The number of allylic oxidation sites excluding steroid dienone is 1. The summed E-state index contributed by atoms with van der Waals surface area (Å²) in [6.45, 7) is 4.28. The summed E-state index contributed by atoms with van der Waals surface area (Å²) in [6, 6.07) is 5.94. The Morgan fingerprint density at radius 3 is 2.79 bits per heavy atom. The Hall–Kier alpha value is -2.46. The monoisotopic (exact) mass is 434 g/mol. The molecule has 0 saturated carbocycles. The summed E-state index contributed by atoms with van der Waals surface area (Å²) in [5, 5.41) is 9.18. The first-order chi connectivity index (χ1) is 13.9. The largest absolute Gasteiger partial charge is 0.444 e. The van der Waals surface area contributed by atoms with Crippen molar-refractivity contribution in [2.75, 3.05) is 11.5 Å². The second-order valence-electron chi connectivity index (χ2n) is 6.78. The predicted octanol–water partition coefficient (Wildman–Crippen LogP) is 3.45. The van der Waals surface area contributed by atoms with Crippen molar-refractivity contribution in [1.82, 2.24) is 19.7 Å². The molecular formula is C19H19FN4O3S2. The van der Waals surface area contributed by atoms with E-state index in [1.54, 1.807) is 24.5 Å². The maximum absolute atomic E-state index is 13.1. The van der Waals surface area contributed by atoms with Gasteiger partial charge < -0.3 is 8.98 Å². The van der Waals surface area contributed by atoms with Gasteiger partial charge in [0, 0.05) is 23.8 Å². The molecule has 1 fully saturated rings. The molecule has 3 heterocycles. The van der Waals surface area contributed by atoms with Gasteiger partial charge in [0.1, 0.15) is 17.9 Å². The van der Waals surface area contributed by atoms with E-state index in [0.29, 0.717) is 46.8 Å². The average molecular weight is 435 g/mol. The number of halogens is 1. The molecule has 0 unspecified atom stereocenters. The van der Waals surface area contributed by atoms with Gasteiger partial charge in [-0.1, -0.05) is 17.8 Å². The molecule has 1 aromatic carbocycles. The summed E-state index contributed by atoms with van der Waals surface area (Å²) in [5.74, 6) is 1.44. The maximum atomic E-state index is 13.1. The third-order valence-electron chi connectivity index (χ3n) is 4.65. The molecule has 1 saturated heterocycles. The predicted molar refractivity (Wildman–Crippen MR) is 108 cm³/mol. The van der Waals surface area contributed by atoms with Gasteiger partial charge in [-0.05, 0) is 30.7 Å². The molecule has 10 heteroatoms. The van der Waals surface area contributed by atoms with Crippen molar-refractivity contribution in [2.45, 2.75) is 29.8 Å². The van der Waals surface area contributed by atoms with Crippen LogP contribution in [0, 0.1) is 5.82 Å². The highest BCUT2D eigenvalue weighted by atomic mass is 32.2. The van der Waals surface area contributed by atoms with Crippen LogP contribution < -0.4 is 0 Å². The van der Waals surface area contributed by atoms with Gasteiger partial charge in [-0.15, -0.1) is 16.8 Å². The number of hydrogen-bond donors (Lipinski definition) is 0. The minimum atomic E-state index is -3.01. The first kappa shape index (κ1) is 19.8. The average Bonchev–Trinajstić information content (AvgIpc) is 3.40. The highest BCUT2D eigenvalue weighted by Crippen LogP contribution is 2.31. The number of oxazole rings is 1. The number of nitrogens with zero attached hydrogens (tertiary/aromatic N) is 4. The van der Waals surface area contributed by atoms with Crippen LogP contribution in [0.15, 0.2) is 52.8 Å². The Labute approximate surface area is 172 Å². The highest BCUT2D eigenvalue weighted by molar-refractivity contribution is 7.98. The van der Waals surface area contributed by atoms with Gasteiger partial charge in [0.2, 0.25) is 5.89 Å². The number of sulfone groups is 1. The van der Waals surface area contributed by atoms with E-state index in [-0.39, 0.29) is 23.2 Å². The van der Waals surface area contributed by atoms with Crippen LogP contribution in [0.25, 0.3) is 11.5 Å². The fourth-order valence-corrected chi connectivity index (χ4v) is 5.82. The van der Waals surface area contributed by atoms with Gasteiger partial charge in [0.05, 0.1) is 17.2 Å². The van der Waals surface area contributed by atoms with E-state index in [0.717, 1.165) is 0 Å². The summed E-state index contributed by atoms with van der Waals surface area (Å²) in [4.78, 5) is 4.44. The summed E-state index contributed by atoms with van der Waals surface area (Å²) < 4.78 is 44.1. The van der Waals surface area contributed by atoms with Crippen molar-refractivity contribution in [3.05, 3.63) is 60.5 Å². The first-order valence-corrected chi connectivity index (χ1v) is 11.8. The molecule has 0 aliphatic carbocycles. The molecule has 0 radical (unpaired) electrons. The second kappa shape index (κ2) is 8.11. The van der Waals surface area contributed by atoms with Crippen molar-refractivity contribution < 1.29 is 17.2 Å². The fraction of sp³-hybridized carbons (Fsp3) is 0.316. The standard InChI is InChI=1S/C19H19FN4O3S2/c1-2-8-24-17(14-7-9-29(25,26)12-14)22-23-19(24)28-11-16-10-27-18(21-16)13-3-5-15(20)6-4-13/h2-6,10,14H,1,7-9,11-12H2/t14-/m1/s1. The molecule has 4 rings (SSSR count). The zero-order valence-electron chi connectivity index (χ0n) is 15.5. The van der Waals surface area contributed by atoms with E-state index in [4.69, 9.17) is 4.42 Å². The lowest BCUT2D eigenvalue weighted by atomic mass is 10.1. The van der Waals surface area contributed by atoms with Gasteiger partial charge in [0.25, 0.3) is 0 Å². The Morgan fingerprint density at radius 1 is 1.31 bits per heavy atom. The summed E-state index contributed by atoms with van der Waals surface area (Å²) >= 11 is 1.44. The third kappa shape index (κ3) is 4.43. The second-order valence-corrected chi connectivity index (χ2v) is 9.95. The molecule has 152 valence electrons. The van der Waals surface area contributed by atoms with E-state index in [1.807, 2.05) is 4.57 Å². The van der Waals surface area contributed by atoms with Crippen molar-refractivity contribution in [1.29, 1.82) is 0 Å². The van der Waals surface area contributed by atoms with Crippen LogP contribution in [0.1, 0.15) is 23.9 Å². The van der Waals surface area contributed by atoms with Crippen molar-refractivity contribution in [3.8, 4) is 11.5 Å². The SMILES string of the molecule is C=CCn1c(SCc2coc(-c3ccc(F)cc3)n2)nnc1[C@@H]1CCS(=O)(=O)C1. The van der Waals surface area contributed by atoms with Crippen LogP contribution in [-0.4, -0.2) is 39.7 Å². The molecule has 1 aliphatic rings. The number of aromatic nitrogens is 4. The smallest absolute Gasteiger partial charge is 0.226 e. The molecule has 2 aromatic heterocycles. The third-order valence-corrected chi connectivity index (χ3v) is 7.42. The minimum Gasteiger partial charge on any atom is -0.444 e. The van der Waals surface area contributed by atoms with Crippen molar-refractivity contribution in [2.24, 2.45) is 0 Å². The van der Waals surface area contributed by atoms with E-state index in [1.165, 1.54) is 23.9 Å². The Balaban J connectivity index is 1.49. The van der Waals surface area contributed by atoms with E-state index in [2.05, 4.69) is 21.8 Å². The van der Waals surface area contributed by atoms with E-state index < -0.39 is 9.84 Å². The normalized spacial score (nSPS) is 18.2. The summed E-state index contributed by atoms with van der Waals surface area (Å²) in [6.07, 6.45) is 3.86. The van der Waals surface area contributed by atoms with Gasteiger partial charge in [-0.2, -0.15) is 0 Å². The molecule has 29 heavy (non-hydrogen) atoms. The molecule has 1 aliphatic heterocycles. The zero-order valence-corrected chi connectivity index (χ0v) is 17.1. The molecule has 0 spiro atoms. The quantitative estimate of drug-likeness (QED) is 0.415.